The molecule has 0 heterocycles. The Kier molecular flexibility index (Phi) is 6.85. The molecule has 2 aromatic carbocycles. The van der Waals surface area contributed by atoms with E-state index in [2.05, 4.69) is 9.98 Å². The Hall–Kier alpha value is -2.62. The average Bonchev–Trinajstić information content (AvgIpc) is 2.62. The summed E-state index contributed by atoms with van der Waals surface area (Å²) in [6.07, 6.45) is 4.69. The number of hydrogen-bond acceptors (Lipinski definition) is 4. The van der Waals surface area contributed by atoms with Gasteiger partial charge in [-0.25, -0.2) is 0 Å². The van der Waals surface area contributed by atoms with Gasteiger partial charge in [-0.05, 0) is 66.1 Å². The van der Waals surface area contributed by atoms with Gasteiger partial charge in [0.05, 0.1) is 14.2 Å². The number of ether oxygens (including phenoxy) is 2. The van der Waals surface area contributed by atoms with Gasteiger partial charge in [0.1, 0.15) is 11.5 Å². The molecule has 0 aliphatic heterocycles. The zero-order chi connectivity index (χ0) is 16.3. The highest BCUT2D eigenvalue weighted by atomic mass is 16.5. The van der Waals surface area contributed by atoms with Crippen LogP contribution in [0.5, 0.6) is 11.5 Å². The largest absolute Gasteiger partial charge is 0.497 e. The average molecular weight is 310 g/mol. The zero-order valence-corrected chi connectivity index (χ0v) is 13.6. The number of nitrogens with zero attached hydrogens (tertiary/aromatic N) is 2. The molecule has 120 valence electrons. The molecule has 4 heteroatoms. The Morgan fingerprint density at radius 2 is 1.09 bits per heavy atom. The van der Waals surface area contributed by atoms with Gasteiger partial charge in [-0.2, -0.15) is 0 Å². The molecular formula is C19H22N2O2. The van der Waals surface area contributed by atoms with Crippen LogP contribution in [0.25, 0.3) is 0 Å². The number of benzene rings is 2. The van der Waals surface area contributed by atoms with Crippen LogP contribution >= 0.6 is 0 Å². The van der Waals surface area contributed by atoms with Crippen LogP contribution in [0.4, 0.5) is 0 Å². The molecule has 0 atom stereocenters. The minimum Gasteiger partial charge on any atom is -0.497 e. The Morgan fingerprint density at radius 3 is 1.43 bits per heavy atom. The first-order chi connectivity index (χ1) is 11.3. The van der Waals surface area contributed by atoms with E-state index in [1.807, 2.05) is 61.0 Å². The van der Waals surface area contributed by atoms with Crippen LogP contribution in [0.1, 0.15) is 17.5 Å². The summed E-state index contributed by atoms with van der Waals surface area (Å²) in [6.45, 7) is 1.54. The lowest BCUT2D eigenvalue weighted by Crippen LogP contribution is -1.90. The summed E-state index contributed by atoms with van der Waals surface area (Å²) in [7, 11) is 3.32. The minimum absolute atomic E-state index is 0.770. The normalized spacial score (nSPS) is 11.2. The molecular weight excluding hydrogens is 288 g/mol. The summed E-state index contributed by atoms with van der Waals surface area (Å²) in [5.74, 6) is 1.71. The van der Waals surface area contributed by atoms with Gasteiger partial charge in [0.2, 0.25) is 0 Å². The maximum atomic E-state index is 5.12. The first kappa shape index (κ1) is 16.7. The predicted molar refractivity (Wildman–Crippen MR) is 95.5 cm³/mol. The van der Waals surface area contributed by atoms with E-state index in [4.69, 9.17) is 9.47 Å². The van der Waals surface area contributed by atoms with Gasteiger partial charge in [-0.1, -0.05) is 0 Å². The van der Waals surface area contributed by atoms with E-state index in [1.54, 1.807) is 14.2 Å². The van der Waals surface area contributed by atoms with Crippen LogP contribution in [-0.2, 0) is 0 Å². The number of methoxy groups -OCH3 is 2. The molecule has 4 nitrogen and oxygen atoms in total. The van der Waals surface area contributed by atoms with Crippen molar-refractivity contribution in [3.63, 3.8) is 0 Å². The van der Waals surface area contributed by atoms with Gasteiger partial charge in [0, 0.05) is 25.5 Å². The van der Waals surface area contributed by atoms with Crippen LogP contribution in [0.3, 0.4) is 0 Å². The predicted octanol–water partition coefficient (Wildman–Crippen LogP) is 3.63. The number of hydrogen-bond donors (Lipinski definition) is 0. The molecule has 0 spiro atoms. The lowest BCUT2D eigenvalue weighted by atomic mass is 10.2. The van der Waals surface area contributed by atoms with E-state index < -0.39 is 0 Å². The van der Waals surface area contributed by atoms with Crippen LogP contribution in [0.2, 0.25) is 0 Å². The van der Waals surface area contributed by atoms with E-state index in [0.717, 1.165) is 42.1 Å². The van der Waals surface area contributed by atoms with Gasteiger partial charge in [0.25, 0.3) is 0 Å². The molecule has 2 aromatic rings. The maximum absolute atomic E-state index is 5.12. The van der Waals surface area contributed by atoms with Crippen molar-refractivity contribution in [2.75, 3.05) is 27.3 Å². The maximum Gasteiger partial charge on any atom is 0.118 e. The van der Waals surface area contributed by atoms with Crippen LogP contribution in [0.15, 0.2) is 58.5 Å². The van der Waals surface area contributed by atoms with Crippen molar-refractivity contribution in [1.29, 1.82) is 0 Å². The summed E-state index contributed by atoms with van der Waals surface area (Å²) >= 11 is 0. The molecule has 0 aromatic heterocycles. The fourth-order valence-corrected chi connectivity index (χ4v) is 1.97. The molecule has 0 N–H and O–H groups in total. The molecule has 0 radical (unpaired) electrons. The number of rotatable bonds is 8. The molecule has 2 rings (SSSR count). The zero-order valence-electron chi connectivity index (χ0n) is 13.6. The van der Waals surface area contributed by atoms with Crippen molar-refractivity contribution < 1.29 is 9.47 Å². The van der Waals surface area contributed by atoms with Crippen LogP contribution in [-0.4, -0.2) is 39.7 Å². The second kappa shape index (κ2) is 9.41. The quantitative estimate of drug-likeness (QED) is 0.552. The van der Waals surface area contributed by atoms with E-state index in [9.17, 15) is 0 Å². The monoisotopic (exact) mass is 310 g/mol. The van der Waals surface area contributed by atoms with E-state index in [-0.39, 0.29) is 0 Å². The standard InChI is InChI=1S/C19H22N2O2/c1-22-18-8-4-16(5-9-18)14-20-12-3-13-21-15-17-6-10-19(23-2)11-7-17/h4-11,14-15H,3,12-13H2,1-2H3. The summed E-state index contributed by atoms with van der Waals surface area (Å²) < 4.78 is 10.2. The lowest BCUT2D eigenvalue weighted by Gasteiger charge is -1.99. The smallest absolute Gasteiger partial charge is 0.118 e. The fraction of sp³-hybridized carbons (Fsp3) is 0.263. The topological polar surface area (TPSA) is 43.2 Å². The third-order valence-corrected chi connectivity index (χ3v) is 3.29. The summed E-state index contributed by atoms with van der Waals surface area (Å²) in [5.41, 5.74) is 2.15. The first-order valence-electron chi connectivity index (χ1n) is 7.59. The Bertz CT molecular complexity index is 574. The van der Waals surface area contributed by atoms with Crippen molar-refractivity contribution >= 4 is 12.4 Å². The Morgan fingerprint density at radius 1 is 0.696 bits per heavy atom. The third-order valence-electron chi connectivity index (χ3n) is 3.29. The lowest BCUT2D eigenvalue weighted by molar-refractivity contribution is 0.414. The molecule has 0 unspecified atom stereocenters. The van der Waals surface area contributed by atoms with Gasteiger partial charge in [0.15, 0.2) is 0 Å². The van der Waals surface area contributed by atoms with E-state index in [1.165, 1.54) is 0 Å². The first-order valence-corrected chi connectivity index (χ1v) is 7.59. The van der Waals surface area contributed by atoms with Crippen molar-refractivity contribution in [2.24, 2.45) is 9.98 Å². The van der Waals surface area contributed by atoms with Gasteiger partial charge in [-0.15, -0.1) is 0 Å². The van der Waals surface area contributed by atoms with E-state index in [0.29, 0.717) is 0 Å². The SMILES string of the molecule is COc1ccc(C=NCCCN=Cc2ccc(OC)cc2)cc1. The molecule has 0 aliphatic carbocycles. The van der Waals surface area contributed by atoms with Crippen molar-refractivity contribution in [3.05, 3.63) is 59.7 Å². The van der Waals surface area contributed by atoms with Gasteiger partial charge >= 0.3 is 0 Å². The van der Waals surface area contributed by atoms with Gasteiger partial charge < -0.3 is 9.47 Å². The Labute approximate surface area is 137 Å². The van der Waals surface area contributed by atoms with Crippen molar-refractivity contribution in [3.8, 4) is 11.5 Å². The minimum atomic E-state index is 0.770. The van der Waals surface area contributed by atoms with Gasteiger partial charge in [-0.3, -0.25) is 9.98 Å². The van der Waals surface area contributed by atoms with E-state index >= 15 is 0 Å². The molecule has 0 aliphatic rings. The summed E-state index contributed by atoms with van der Waals surface area (Å²) in [4.78, 5) is 8.82. The van der Waals surface area contributed by atoms with Crippen LogP contribution in [0, 0.1) is 0 Å². The third kappa shape index (κ3) is 5.94. The van der Waals surface area contributed by atoms with Crippen molar-refractivity contribution in [2.45, 2.75) is 6.42 Å². The highest BCUT2D eigenvalue weighted by Crippen LogP contribution is 2.10. The molecule has 0 bridgehead atoms. The molecule has 0 saturated carbocycles. The second-order valence-corrected chi connectivity index (χ2v) is 4.97. The molecule has 23 heavy (non-hydrogen) atoms. The number of aliphatic imine (C=N–C) groups is 2. The Balaban J connectivity index is 1.68. The second-order valence-electron chi connectivity index (χ2n) is 4.97. The highest BCUT2D eigenvalue weighted by Gasteiger charge is 1.91. The fourth-order valence-electron chi connectivity index (χ4n) is 1.97. The molecule has 0 saturated heterocycles. The summed E-state index contributed by atoms with van der Waals surface area (Å²) in [6, 6.07) is 15.7. The molecule has 0 amide bonds. The van der Waals surface area contributed by atoms with Crippen LogP contribution < -0.4 is 9.47 Å². The highest BCUT2D eigenvalue weighted by molar-refractivity contribution is 5.80. The van der Waals surface area contributed by atoms with Crippen molar-refractivity contribution in [1.82, 2.24) is 0 Å². The molecule has 0 fully saturated rings. The summed E-state index contributed by atoms with van der Waals surface area (Å²) in [5, 5.41) is 0.